The number of nitrogens with one attached hydrogen (secondary N) is 2. The number of aromatic nitrogens is 3. The summed E-state index contributed by atoms with van der Waals surface area (Å²) in [7, 11) is 1.85. The molecule has 0 aromatic carbocycles. The van der Waals surface area contributed by atoms with E-state index < -0.39 is 0 Å². The van der Waals surface area contributed by atoms with E-state index in [9.17, 15) is 0 Å². The van der Waals surface area contributed by atoms with Crippen LogP contribution in [0.15, 0.2) is 58.2 Å². The van der Waals surface area contributed by atoms with Crippen LogP contribution in [0, 0.1) is 0 Å². The fourth-order valence-electron chi connectivity index (χ4n) is 2.55. The molecule has 0 fully saturated rings. The van der Waals surface area contributed by atoms with Crippen molar-refractivity contribution in [2.45, 2.75) is 6.04 Å². The minimum Gasteiger partial charge on any atom is -0.374 e. The zero-order valence-electron chi connectivity index (χ0n) is 12.4. The lowest BCUT2D eigenvalue weighted by Gasteiger charge is -2.12. The first-order valence-corrected chi connectivity index (χ1v) is 8.07. The highest BCUT2D eigenvalue weighted by molar-refractivity contribution is 7.12. The van der Waals surface area contributed by atoms with Crippen LogP contribution in [0.5, 0.6) is 0 Å². The van der Waals surface area contributed by atoms with Gasteiger partial charge >= 0.3 is 0 Å². The van der Waals surface area contributed by atoms with Crippen LogP contribution in [0.2, 0.25) is 0 Å². The SMILES string of the molecule is CNC1=Nc2ncccc2C(c2cccs2)=NC1c1cn[nH]c1. The molecule has 6 nitrogen and oxygen atoms in total. The van der Waals surface area contributed by atoms with Gasteiger partial charge in [0.15, 0.2) is 5.82 Å². The molecule has 4 heterocycles. The Kier molecular flexibility index (Phi) is 3.47. The average Bonchev–Trinajstić information content (AvgIpc) is 3.26. The molecule has 0 spiro atoms. The number of aliphatic imine (C=N–C) groups is 2. The summed E-state index contributed by atoms with van der Waals surface area (Å²) in [6.45, 7) is 0. The zero-order valence-corrected chi connectivity index (χ0v) is 13.2. The smallest absolute Gasteiger partial charge is 0.163 e. The molecule has 114 valence electrons. The zero-order chi connectivity index (χ0) is 15.6. The summed E-state index contributed by atoms with van der Waals surface area (Å²) in [4.78, 5) is 15.2. The average molecular weight is 322 g/mol. The lowest BCUT2D eigenvalue weighted by Crippen LogP contribution is -2.25. The number of thiophene rings is 1. The highest BCUT2D eigenvalue weighted by atomic mass is 32.1. The Morgan fingerprint density at radius 3 is 2.96 bits per heavy atom. The first-order chi connectivity index (χ1) is 11.4. The maximum Gasteiger partial charge on any atom is 0.163 e. The van der Waals surface area contributed by atoms with Gasteiger partial charge in [0.1, 0.15) is 11.9 Å². The predicted molar refractivity (Wildman–Crippen MR) is 91.7 cm³/mol. The van der Waals surface area contributed by atoms with E-state index in [0.29, 0.717) is 5.82 Å². The molecule has 1 atom stereocenters. The van der Waals surface area contributed by atoms with E-state index in [1.54, 1.807) is 23.7 Å². The molecule has 4 rings (SSSR count). The van der Waals surface area contributed by atoms with Gasteiger partial charge in [-0.15, -0.1) is 11.3 Å². The summed E-state index contributed by atoms with van der Waals surface area (Å²) in [5, 5.41) is 12.1. The van der Waals surface area contributed by atoms with Gasteiger partial charge in [0.05, 0.1) is 16.8 Å². The molecule has 2 N–H and O–H groups in total. The Labute approximate surface area is 137 Å². The van der Waals surface area contributed by atoms with Crippen LogP contribution < -0.4 is 5.32 Å². The highest BCUT2D eigenvalue weighted by Crippen LogP contribution is 2.30. The number of nitrogens with zero attached hydrogens (tertiary/aromatic N) is 4. The van der Waals surface area contributed by atoms with Gasteiger partial charge in [-0.05, 0) is 23.6 Å². The summed E-state index contributed by atoms with van der Waals surface area (Å²) < 4.78 is 0. The minimum atomic E-state index is -0.245. The molecule has 1 unspecified atom stereocenters. The van der Waals surface area contributed by atoms with Gasteiger partial charge in [-0.25, -0.2) is 9.98 Å². The number of hydrogen-bond donors (Lipinski definition) is 2. The van der Waals surface area contributed by atoms with Crippen LogP contribution in [-0.4, -0.2) is 33.8 Å². The van der Waals surface area contributed by atoms with Crippen LogP contribution in [-0.2, 0) is 0 Å². The van der Waals surface area contributed by atoms with Crippen molar-refractivity contribution in [3.8, 4) is 0 Å². The summed E-state index contributed by atoms with van der Waals surface area (Å²) in [5.41, 5.74) is 2.80. The Bertz CT molecular complexity index is 864. The summed E-state index contributed by atoms with van der Waals surface area (Å²) in [6.07, 6.45) is 5.37. The van der Waals surface area contributed by atoms with Crippen molar-refractivity contribution in [1.29, 1.82) is 0 Å². The Morgan fingerprint density at radius 2 is 2.22 bits per heavy atom. The third-order valence-corrected chi connectivity index (χ3v) is 4.51. The molecule has 0 bridgehead atoms. The van der Waals surface area contributed by atoms with E-state index in [0.717, 1.165) is 27.6 Å². The fourth-order valence-corrected chi connectivity index (χ4v) is 3.29. The van der Waals surface area contributed by atoms with Gasteiger partial charge in [-0.3, -0.25) is 10.1 Å². The third kappa shape index (κ3) is 2.44. The molecule has 3 aromatic heterocycles. The summed E-state index contributed by atoms with van der Waals surface area (Å²) in [6, 6.07) is 7.77. The first kappa shape index (κ1) is 13.8. The summed E-state index contributed by atoms with van der Waals surface area (Å²) in [5.74, 6) is 1.42. The van der Waals surface area contributed by atoms with Gasteiger partial charge in [-0.2, -0.15) is 5.10 Å². The van der Waals surface area contributed by atoms with Crippen LogP contribution in [0.25, 0.3) is 0 Å². The van der Waals surface area contributed by atoms with Crippen molar-refractivity contribution in [2.75, 3.05) is 7.05 Å². The van der Waals surface area contributed by atoms with Crippen LogP contribution in [0.3, 0.4) is 0 Å². The Hall–Kier alpha value is -2.80. The third-order valence-electron chi connectivity index (χ3n) is 3.63. The second kappa shape index (κ2) is 5.77. The van der Waals surface area contributed by atoms with E-state index in [2.05, 4.69) is 26.6 Å². The maximum atomic E-state index is 4.99. The van der Waals surface area contributed by atoms with Gasteiger partial charge in [0, 0.05) is 30.6 Å². The molecular formula is C16H14N6S. The molecule has 23 heavy (non-hydrogen) atoms. The molecule has 1 aliphatic rings. The summed E-state index contributed by atoms with van der Waals surface area (Å²) >= 11 is 1.66. The molecule has 0 aliphatic carbocycles. The number of H-pyrrole nitrogens is 1. The van der Waals surface area contributed by atoms with Gasteiger partial charge in [0.2, 0.25) is 0 Å². The van der Waals surface area contributed by atoms with Crippen LogP contribution >= 0.6 is 11.3 Å². The molecule has 0 amide bonds. The van der Waals surface area contributed by atoms with Crippen molar-refractivity contribution in [2.24, 2.45) is 9.98 Å². The normalized spacial score (nSPS) is 17.0. The van der Waals surface area contributed by atoms with E-state index in [-0.39, 0.29) is 6.04 Å². The van der Waals surface area contributed by atoms with Crippen LogP contribution in [0.1, 0.15) is 22.0 Å². The van der Waals surface area contributed by atoms with E-state index in [1.807, 2.05) is 36.8 Å². The Morgan fingerprint density at radius 1 is 1.26 bits per heavy atom. The van der Waals surface area contributed by atoms with Gasteiger partial charge < -0.3 is 5.32 Å². The number of pyridine rings is 1. The molecule has 1 aliphatic heterocycles. The Balaban J connectivity index is 1.96. The van der Waals surface area contributed by atoms with E-state index >= 15 is 0 Å². The van der Waals surface area contributed by atoms with Crippen molar-refractivity contribution in [3.05, 3.63) is 64.2 Å². The van der Waals surface area contributed by atoms with Crippen molar-refractivity contribution in [1.82, 2.24) is 20.5 Å². The lowest BCUT2D eigenvalue weighted by molar-refractivity contribution is 0.910. The number of likely N-dealkylation sites (N-methyl/N-ethyl adjacent to an activating group) is 1. The number of rotatable bonds is 2. The number of hydrogen-bond acceptors (Lipinski definition) is 6. The molecule has 0 saturated heterocycles. The van der Waals surface area contributed by atoms with Crippen molar-refractivity contribution in [3.63, 3.8) is 0 Å². The largest absolute Gasteiger partial charge is 0.374 e. The number of amidine groups is 1. The first-order valence-electron chi connectivity index (χ1n) is 7.19. The quantitative estimate of drug-likeness (QED) is 0.761. The molecule has 0 saturated carbocycles. The topological polar surface area (TPSA) is 78.3 Å². The van der Waals surface area contributed by atoms with Crippen molar-refractivity contribution >= 4 is 28.7 Å². The standard InChI is InChI=1S/C16H14N6S/c1-17-16-13(10-8-19-20-9-10)21-14(12-5-3-7-23-12)11-4-2-6-18-15(11)22-16/h2-9,13H,1H3,(H,19,20)(H,17,18,22). The molecule has 3 aromatic rings. The molecular weight excluding hydrogens is 308 g/mol. The minimum absolute atomic E-state index is 0.245. The highest BCUT2D eigenvalue weighted by Gasteiger charge is 2.25. The van der Waals surface area contributed by atoms with Gasteiger partial charge in [-0.1, -0.05) is 6.07 Å². The molecule has 0 radical (unpaired) electrons. The van der Waals surface area contributed by atoms with Crippen molar-refractivity contribution < 1.29 is 0 Å². The number of aromatic amines is 1. The molecule has 7 heteroatoms. The monoisotopic (exact) mass is 322 g/mol. The van der Waals surface area contributed by atoms with E-state index in [1.165, 1.54) is 0 Å². The second-order valence-electron chi connectivity index (χ2n) is 5.01. The second-order valence-corrected chi connectivity index (χ2v) is 5.96. The fraction of sp³-hybridized carbons (Fsp3) is 0.125. The predicted octanol–water partition coefficient (Wildman–Crippen LogP) is 2.71. The maximum absolute atomic E-state index is 4.99. The van der Waals surface area contributed by atoms with E-state index in [4.69, 9.17) is 9.98 Å². The lowest BCUT2D eigenvalue weighted by atomic mass is 10.1. The van der Waals surface area contributed by atoms with Crippen LogP contribution in [0.4, 0.5) is 5.82 Å². The number of fused-ring (bicyclic) bond motifs is 1. The van der Waals surface area contributed by atoms with Gasteiger partial charge in [0.25, 0.3) is 0 Å².